The van der Waals surface area contributed by atoms with Gasteiger partial charge in [0.2, 0.25) is 0 Å². The van der Waals surface area contributed by atoms with Crippen molar-refractivity contribution < 1.29 is 4.79 Å². The monoisotopic (exact) mass is 380 g/mol. The van der Waals surface area contributed by atoms with Gasteiger partial charge in [-0.3, -0.25) is 4.79 Å². The van der Waals surface area contributed by atoms with E-state index in [1.165, 1.54) is 11.1 Å². The number of hydrogen-bond acceptors (Lipinski definition) is 2. The summed E-state index contributed by atoms with van der Waals surface area (Å²) in [5, 5.41) is 9.48. The number of carbonyl (C=O) groups excluding carboxylic acids is 1. The van der Waals surface area contributed by atoms with Crippen LogP contribution >= 0.6 is 0 Å². The number of nitrogens with zero attached hydrogens (tertiary/aromatic N) is 1. The Hall–Kier alpha value is -2.82. The maximum atomic E-state index is 11.8. The third-order valence-corrected chi connectivity index (χ3v) is 4.49. The van der Waals surface area contributed by atoms with Gasteiger partial charge >= 0.3 is 0 Å². The molecule has 0 radical (unpaired) electrons. The van der Waals surface area contributed by atoms with E-state index in [1.54, 1.807) is 7.05 Å². The molecule has 0 saturated heterocycles. The van der Waals surface area contributed by atoms with Gasteiger partial charge in [0.05, 0.1) is 6.54 Å². The average Bonchev–Trinajstić information content (AvgIpc) is 2.72. The van der Waals surface area contributed by atoms with Crippen LogP contribution in [0.2, 0.25) is 0 Å². The van der Waals surface area contributed by atoms with Gasteiger partial charge in [0.1, 0.15) is 0 Å². The lowest BCUT2D eigenvalue weighted by molar-refractivity contribution is 0.0963. The van der Waals surface area contributed by atoms with Crippen molar-refractivity contribution in [3.05, 3.63) is 70.8 Å². The number of aryl methyl sites for hydroxylation is 1. The maximum Gasteiger partial charge on any atom is 0.251 e. The molecule has 2 aromatic carbocycles. The number of carbonyl (C=O) groups is 1. The molecule has 0 unspecified atom stereocenters. The van der Waals surface area contributed by atoms with Crippen molar-refractivity contribution in [1.29, 1.82) is 0 Å². The van der Waals surface area contributed by atoms with Crippen molar-refractivity contribution in [2.45, 2.75) is 39.7 Å². The van der Waals surface area contributed by atoms with E-state index < -0.39 is 0 Å². The Labute approximate surface area is 168 Å². The molecule has 2 aromatic rings. The first-order chi connectivity index (χ1) is 13.6. The number of hydrogen-bond donors (Lipinski definition) is 3. The highest BCUT2D eigenvalue weighted by Gasteiger charge is 2.04. The lowest BCUT2D eigenvalue weighted by atomic mass is 10.1. The zero-order valence-electron chi connectivity index (χ0n) is 17.2. The molecule has 0 aliphatic carbocycles. The number of benzene rings is 2. The lowest BCUT2D eigenvalue weighted by Gasteiger charge is -2.13. The fourth-order valence-corrected chi connectivity index (χ4v) is 2.76. The molecule has 0 aliphatic heterocycles. The number of nitrogens with one attached hydrogen (secondary N) is 3. The molecule has 0 aromatic heterocycles. The van der Waals surface area contributed by atoms with Gasteiger partial charge in [-0.05, 0) is 43.0 Å². The summed E-state index contributed by atoms with van der Waals surface area (Å²) in [5.41, 5.74) is 4.26. The Morgan fingerprint density at radius 1 is 1.00 bits per heavy atom. The zero-order valence-corrected chi connectivity index (χ0v) is 17.2. The molecule has 150 valence electrons. The SMILES string of the molecule is CCCCNC(=NCc1ccc(C)cc1)NCCc1cccc(C(=O)NC)c1. The van der Waals surface area contributed by atoms with Gasteiger partial charge in [0.25, 0.3) is 5.91 Å². The fourth-order valence-electron chi connectivity index (χ4n) is 2.76. The number of aliphatic imine (C=N–C) groups is 1. The summed E-state index contributed by atoms with van der Waals surface area (Å²) in [4.78, 5) is 16.5. The summed E-state index contributed by atoms with van der Waals surface area (Å²) < 4.78 is 0. The van der Waals surface area contributed by atoms with Crippen LogP contribution in [-0.2, 0) is 13.0 Å². The molecule has 0 saturated carbocycles. The average molecular weight is 381 g/mol. The first-order valence-electron chi connectivity index (χ1n) is 10.0. The van der Waals surface area contributed by atoms with E-state index in [1.807, 2.05) is 24.3 Å². The number of amides is 1. The Balaban J connectivity index is 1.93. The lowest BCUT2D eigenvalue weighted by Crippen LogP contribution is -2.39. The second kappa shape index (κ2) is 11.8. The Bertz CT molecular complexity index is 768. The van der Waals surface area contributed by atoms with Crippen molar-refractivity contribution in [2.75, 3.05) is 20.1 Å². The highest BCUT2D eigenvalue weighted by molar-refractivity contribution is 5.94. The molecule has 0 atom stereocenters. The molecule has 0 spiro atoms. The van der Waals surface area contributed by atoms with E-state index in [9.17, 15) is 4.79 Å². The second-order valence-electron chi connectivity index (χ2n) is 6.89. The highest BCUT2D eigenvalue weighted by atomic mass is 16.1. The minimum absolute atomic E-state index is 0.0589. The molecule has 2 rings (SSSR count). The summed E-state index contributed by atoms with van der Waals surface area (Å²) in [6, 6.07) is 16.2. The third-order valence-electron chi connectivity index (χ3n) is 4.49. The van der Waals surface area contributed by atoms with Crippen LogP contribution in [0.25, 0.3) is 0 Å². The number of guanidine groups is 1. The number of unbranched alkanes of at least 4 members (excludes halogenated alkanes) is 1. The normalized spacial score (nSPS) is 11.2. The molecular formula is C23H32N4O. The molecule has 0 fully saturated rings. The van der Waals surface area contributed by atoms with Crippen LogP contribution < -0.4 is 16.0 Å². The summed E-state index contributed by atoms with van der Waals surface area (Å²) in [6.45, 7) is 6.57. The molecule has 1 amide bonds. The third kappa shape index (κ3) is 7.43. The van der Waals surface area contributed by atoms with E-state index in [-0.39, 0.29) is 5.91 Å². The Kier molecular flexibility index (Phi) is 9.05. The van der Waals surface area contributed by atoms with Crippen molar-refractivity contribution >= 4 is 11.9 Å². The van der Waals surface area contributed by atoms with Crippen LogP contribution in [0.3, 0.4) is 0 Å². The van der Waals surface area contributed by atoms with Crippen LogP contribution in [0.1, 0.15) is 46.8 Å². The highest BCUT2D eigenvalue weighted by Crippen LogP contribution is 2.06. The fraction of sp³-hybridized carbons (Fsp3) is 0.391. The van der Waals surface area contributed by atoms with Gasteiger partial charge in [-0.15, -0.1) is 0 Å². The zero-order chi connectivity index (χ0) is 20.2. The second-order valence-corrected chi connectivity index (χ2v) is 6.89. The first-order valence-corrected chi connectivity index (χ1v) is 10.0. The Morgan fingerprint density at radius 2 is 1.75 bits per heavy atom. The van der Waals surface area contributed by atoms with Crippen molar-refractivity contribution in [3.63, 3.8) is 0 Å². The quantitative estimate of drug-likeness (QED) is 0.355. The molecule has 0 aliphatic rings. The molecule has 3 N–H and O–H groups in total. The largest absolute Gasteiger partial charge is 0.356 e. The van der Waals surface area contributed by atoms with Crippen LogP contribution in [0.15, 0.2) is 53.5 Å². The van der Waals surface area contributed by atoms with Gasteiger partial charge in [0, 0.05) is 25.7 Å². The minimum Gasteiger partial charge on any atom is -0.356 e. The first kappa shape index (κ1) is 21.5. The molecular weight excluding hydrogens is 348 g/mol. The van der Waals surface area contributed by atoms with Crippen molar-refractivity contribution in [3.8, 4) is 0 Å². The smallest absolute Gasteiger partial charge is 0.251 e. The van der Waals surface area contributed by atoms with Crippen LogP contribution in [0, 0.1) is 6.92 Å². The maximum absolute atomic E-state index is 11.8. The molecule has 5 nitrogen and oxygen atoms in total. The van der Waals surface area contributed by atoms with E-state index >= 15 is 0 Å². The minimum atomic E-state index is -0.0589. The summed E-state index contributed by atoms with van der Waals surface area (Å²) in [7, 11) is 1.65. The van der Waals surface area contributed by atoms with Crippen molar-refractivity contribution in [2.24, 2.45) is 4.99 Å². The van der Waals surface area contributed by atoms with E-state index in [4.69, 9.17) is 4.99 Å². The topological polar surface area (TPSA) is 65.5 Å². The summed E-state index contributed by atoms with van der Waals surface area (Å²) >= 11 is 0. The molecule has 5 heteroatoms. The van der Waals surface area contributed by atoms with E-state index in [2.05, 4.69) is 54.1 Å². The van der Waals surface area contributed by atoms with Gasteiger partial charge in [-0.25, -0.2) is 4.99 Å². The van der Waals surface area contributed by atoms with E-state index in [0.717, 1.165) is 43.9 Å². The van der Waals surface area contributed by atoms with Crippen molar-refractivity contribution in [1.82, 2.24) is 16.0 Å². The van der Waals surface area contributed by atoms with E-state index in [0.29, 0.717) is 12.1 Å². The predicted molar refractivity (Wildman–Crippen MR) is 117 cm³/mol. The van der Waals surface area contributed by atoms with Gasteiger partial charge < -0.3 is 16.0 Å². The Morgan fingerprint density at radius 3 is 2.46 bits per heavy atom. The van der Waals surface area contributed by atoms with Crippen LogP contribution in [0.5, 0.6) is 0 Å². The van der Waals surface area contributed by atoms with Gasteiger partial charge in [0.15, 0.2) is 5.96 Å². The number of rotatable bonds is 9. The standard InChI is InChI=1S/C23H32N4O/c1-4-5-14-25-23(27-17-20-11-9-18(2)10-12-20)26-15-13-19-7-6-8-21(16-19)22(28)24-3/h6-12,16H,4-5,13-15,17H2,1-3H3,(H,24,28)(H2,25,26,27). The van der Waals surface area contributed by atoms with Gasteiger partial charge in [-0.2, -0.15) is 0 Å². The van der Waals surface area contributed by atoms with Gasteiger partial charge in [-0.1, -0.05) is 55.3 Å². The molecule has 0 bridgehead atoms. The molecule has 28 heavy (non-hydrogen) atoms. The van der Waals surface area contributed by atoms with Crippen LogP contribution in [-0.4, -0.2) is 32.0 Å². The predicted octanol–water partition coefficient (Wildman–Crippen LogP) is 3.43. The summed E-state index contributed by atoms with van der Waals surface area (Å²) in [6.07, 6.45) is 3.08. The summed E-state index contributed by atoms with van der Waals surface area (Å²) in [5.74, 6) is 0.771. The molecule has 0 heterocycles. The van der Waals surface area contributed by atoms with Crippen LogP contribution in [0.4, 0.5) is 0 Å².